The maximum atomic E-state index is 11.8. The average Bonchev–Trinajstić information content (AvgIpc) is 2.42. The maximum absolute atomic E-state index is 11.8. The van der Waals surface area contributed by atoms with Gasteiger partial charge in [-0.3, -0.25) is 0 Å². The second-order valence-corrected chi connectivity index (χ2v) is 6.37. The molecule has 0 radical (unpaired) electrons. The van der Waals surface area contributed by atoms with Crippen LogP contribution in [0.4, 0.5) is 10.5 Å². The molecule has 3 N–H and O–H groups in total. The Morgan fingerprint density at radius 1 is 1.27 bits per heavy atom. The Morgan fingerprint density at radius 3 is 2.55 bits per heavy atom. The largest absolute Gasteiger partial charge is 0.391 e. The number of carbonyl (C=O) groups is 1. The number of rotatable bonds is 7. The minimum Gasteiger partial charge on any atom is -0.391 e. The van der Waals surface area contributed by atoms with Crippen LogP contribution in [0, 0.1) is 12.8 Å². The highest BCUT2D eigenvalue weighted by atomic mass is 16.3. The number of urea groups is 1. The van der Waals surface area contributed by atoms with Gasteiger partial charge < -0.3 is 20.6 Å². The summed E-state index contributed by atoms with van der Waals surface area (Å²) < 4.78 is 0. The lowest BCUT2D eigenvalue weighted by molar-refractivity contribution is 0.147. The van der Waals surface area contributed by atoms with E-state index in [9.17, 15) is 9.90 Å². The molecule has 0 bridgehead atoms. The van der Waals surface area contributed by atoms with Crippen molar-refractivity contribution in [3.8, 4) is 0 Å². The quantitative estimate of drug-likeness (QED) is 0.724. The molecule has 0 aliphatic heterocycles. The fourth-order valence-corrected chi connectivity index (χ4v) is 2.32. The Kier molecular flexibility index (Phi) is 7.18. The van der Waals surface area contributed by atoms with Crippen molar-refractivity contribution in [2.75, 3.05) is 25.5 Å². The van der Waals surface area contributed by atoms with Gasteiger partial charge in [0.1, 0.15) is 0 Å². The molecular formula is C17H29N3O2. The van der Waals surface area contributed by atoms with Crippen LogP contribution in [-0.4, -0.2) is 37.9 Å². The predicted molar refractivity (Wildman–Crippen MR) is 91.2 cm³/mol. The highest BCUT2D eigenvalue weighted by molar-refractivity contribution is 5.74. The molecule has 0 spiro atoms. The smallest absolute Gasteiger partial charge is 0.315 e. The molecule has 1 aromatic rings. The van der Waals surface area contributed by atoms with Crippen molar-refractivity contribution in [1.82, 2.24) is 10.6 Å². The first kappa shape index (κ1) is 18.3. The van der Waals surface area contributed by atoms with Gasteiger partial charge in [-0.05, 0) is 36.5 Å². The summed E-state index contributed by atoms with van der Waals surface area (Å²) in [4.78, 5) is 13.8. The number of amides is 2. The first-order valence-corrected chi connectivity index (χ1v) is 7.76. The summed E-state index contributed by atoms with van der Waals surface area (Å²) in [5.74, 6) is 0.412. The van der Waals surface area contributed by atoms with E-state index in [0.29, 0.717) is 18.9 Å². The molecule has 1 aromatic carbocycles. The van der Waals surface area contributed by atoms with Crippen LogP contribution in [0.3, 0.4) is 0 Å². The number of benzene rings is 1. The molecule has 5 heteroatoms. The van der Waals surface area contributed by atoms with Gasteiger partial charge in [0.2, 0.25) is 0 Å². The van der Waals surface area contributed by atoms with Crippen LogP contribution in [0.15, 0.2) is 18.2 Å². The standard InChI is InChI=1S/C17H29N3O2/c1-12(2)8-15(21)11-19-17(22)18-10-14-7-6-13(3)9-16(14)20(4)5/h6-7,9,12,15,21H,8,10-11H2,1-5H3,(H2,18,19,22). The molecule has 5 nitrogen and oxygen atoms in total. The summed E-state index contributed by atoms with van der Waals surface area (Å²) in [5.41, 5.74) is 3.35. The van der Waals surface area contributed by atoms with Crippen LogP contribution in [0.1, 0.15) is 31.4 Å². The van der Waals surface area contributed by atoms with Crippen LogP contribution in [0.2, 0.25) is 0 Å². The van der Waals surface area contributed by atoms with E-state index in [2.05, 4.69) is 16.7 Å². The van der Waals surface area contributed by atoms with E-state index in [1.165, 1.54) is 5.56 Å². The first-order chi connectivity index (χ1) is 10.3. The van der Waals surface area contributed by atoms with Crippen molar-refractivity contribution in [1.29, 1.82) is 0 Å². The van der Waals surface area contributed by atoms with Crippen molar-refractivity contribution >= 4 is 11.7 Å². The number of carbonyl (C=O) groups excluding carboxylic acids is 1. The van der Waals surface area contributed by atoms with E-state index in [1.54, 1.807) is 0 Å². The van der Waals surface area contributed by atoms with Crippen molar-refractivity contribution in [2.24, 2.45) is 5.92 Å². The van der Waals surface area contributed by atoms with Gasteiger partial charge in [0.05, 0.1) is 6.10 Å². The number of nitrogens with one attached hydrogen (secondary N) is 2. The average molecular weight is 307 g/mol. The fraction of sp³-hybridized carbons (Fsp3) is 0.588. The Labute approximate surface area is 133 Å². The lowest BCUT2D eigenvalue weighted by Crippen LogP contribution is -2.39. The Hall–Kier alpha value is -1.75. The molecule has 1 atom stereocenters. The highest BCUT2D eigenvalue weighted by Crippen LogP contribution is 2.20. The van der Waals surface area contributed by atoms with Crippen LogP contribution in [0.5, 0.6) is 0 Å². The molecule has 1 unspecified atom stereocenters. The van der Waals surface area contributed by atoms with E-state index in [4.69, 9.17) is 0 Å². The van der Waals surface area contributed by atoms with E-state index >= 15 is 0 Å². The Morgan fingerprint density at radius 2 is 1.95 bits per heavy atom. The van der Waals surface area contributed by atoms with Crippen LogP contribution < -0.4 is 15.5 Å². The fourth-order valence-electron chi connectivity index (χ4n) is 2.32. The second kappa shape index (κ2) is 8.63. The number of aliphatic hydroxyl groups excluding tert-OH is 1. The van der Waals surface area contributed by atoms with Gasteiger partial charge in [0.15, 0.2) is 0 Å². The van der Waals surface area contributed by atoms with Gasteiger partial charge in [-0.1, -0.05) is 26.0 Å². The third-order valence-electron chi connectivity index (χ3n) is 3.40. The van der Waals surface area contributed by atoms with Crippen molar-refractivity contribution in [2.45, 2.75) is 39.8 Å². The van der Waals surface area contributed by atoms with Crippen LogP contribution >= 0.6 is 0 Å². The number of hydrogen-bond acceptors (Lipinski definition) is 3. The molecule has 22 heavy (non-hydrogen) atoms. The van der Waals surface area contributed by atoms with Crippen LogP contribution in [-0.2, 0) is 6.54 Å². The lowest BCUT2D eigenvalue weighted by atomic mass is 10.1. The Bertz CT molecular complexity index is 487. The summed E-state index contributed by atoms with van der Waals surface area (Å²) in [6, 6.07) is 5.90. The normalized spacial score (nSPS) is 12.1. The summed E-state index contributed by atoms with van der Waals surface area (Å²) >= 11 is 0. The maximum Gasteiger partial charge on any atom is 0.315 e. The minimum atomic E-state index is -0.498. The summed E-state index contributed by atoms with van der Waals surface area (Å²) in [6.45, 7) is 6.87. The third kappa shape index (κ3) is 6.35. The van der Waals surface area contributed by atoms with Crippen LogP contribution in [0.25, 0.3) is 0 Å². The number of nitrogens with zero attached hydrogens (tertiary/aromatic N) is 1. The number of aryl methyl sites for hydroxylation is 1. The third-order valence-corrected chi connectivity index (χ3v) is 3.40. The summed E-state index contributed by atoms with van der Waals surface area (Å²) in [7, 11) is 3.97. The number of hydrogen-bond donors (Lipinski definition) is 3. The second-order valence-electron chi connectivity index (χ2n) is 6.37. The van der Waals surface area contributed by atoms with E-state index < -0.39 is 6.10 Å². The van der Waals surface area contributed by atoms with E-state index in [-0.39, 0.29) is 12.6 Å². The van der Waals surface area contributed by atoms with Gasteiger partial charge in [0.25, 0.3) is 0 Å². The van der Waals surface area contributed by atoms with Gasteiger partial charge in [0, 0.05) is 32.9 Å². The monoisotopic (exact) mass is 307 g/mol. The molecule has 0 saturated carbocycles. The number of aliphatic hydroxyl groups is 1. The van der Waals surface area contributed by atoms with E-state index in [0.717, 1.165) is 11.3 Å². The highest BCUT2D eigenvalue weighted by Gasteiger charge is 2.10. The summed E-state index contributed by atoms with van der Waals surface area (Å²) in [5, 5.41) is 15.3. The van der Waals surface area contributed by atoms with E-state index in [1.807, 2.05) is 51.9 Å². The molecule has 0 heterocycles. The molecule has 0 aliphatic rings. The van der Waals surface area contributed by atoms with Gasteiger partial charge in [-0.25, -0.2) is 4.79 Å². The van der Waals surface area contributed by atoms with Gasteiger partial charge in [-0.15, -0.1) is 0 Å². The Balaban J connectivity index is 2.47. The lowest BCUT2D eigenvalue weighted by Gasteiger charge is -2.19. The molecule has 0 fully saturated rings. The molecule has 0 aromatic heterocycles. The topological polar surface area (TPSA) is 64.6 Å². The number of anilines is 1. The molecule has 124 valence electrons. The molecule has 2 amide bonds. The predicted octanol–water partition coefficient (Wildman–Crippen LogP) is 2.27. The first-order valence-electron chi connectivity index (χ1n) is 7.76. The molecule has 0 saturated heterocycles. The van der Waals surface area contributed by atoms with Crippen molar-refractivity contribution in [3.63, 3.8) is 0 Å². The molecule has 0 aliphatic carbocycles. The zero-order chi connectivity index (χ0) is 16.7. The molecular weight excluding hydrogens is 278 g/mol. The van der Waals surface area contributed by atoms with Gasteiger partial charge in [-0.2, -0.15) is 0 Å². The zero-order valence-electron chi connectivity index (χ0n) is 14.3. The SMILES string of the molecule is Cc1ccc(CNC(=O)NCC(O)CC(C)C)c(N(C)C)c1. The van der Waals surface area contributed by atoms with Crippen molar-refractivity contribution < 1.29 is 9.90 Å². The zero-order valence-corrected chi connectivity index (χ0v) is 14.3. The summed E-state index contributed by atoms with van der Waals surface area (Å²) in [6.07, 6.45) is 0.186. The van der Waals surface area contributed by atoms with Crippen molar-refractivity contribution in [3.05, 3.63) is 29.3 Å². The minimum absolute atomic E-state index is 0.256. The van der Waals surface area contributed by atoms with Gasteiger partial charge >= 0.3 is 6.03 Å². The molecule has 1 rings (SSSR count).